The summed E-state index contributed by atoms with van der Waals surface area (Å²) in [6, 6.07) is 3.76. The first-order valence-corrected chi connectivity index (χ1v) is 7.31. The normalized spacial score (nSPS) is 11.4. The van der Waals surface area contributed by atoms with Crippen molar-refractivity contribution in [2.45, 2.75) is 13.8 Å². The van der Waals surface area contributed by atoms with Gasteiger partial charge in [0, 0.05) is 23.4 Å². The van der Waals surface area contributed by atoms with E-state index in [-0.39, 0.29) is 0 Å². The molecule has 0 amide bonds. The molecule has 1 heterocycles. The molecule has 0 saturated heterocycles. The first-order chi connectivity index (χ1) is 10.2. The molecule has 112 valence electrons. The van der Waals surface area contributed by atoms with Gasteiger partial charge in [-0.3, -0.25) is 0 Å². The van der Waals surface area contributed by atoms with E-state index in [9.17, 15) is 0 Å². The molecule has 1 aromatic carbocycles. The third-order valence-corrected chi connectivity index (χ3v) is 4.21. The minimum Gasteiger partial charge on any atom is -0.496 e. The van der Waals surface area contributed by atoms with Crippen LogP contribution in [0.2, 0.25) is 0 Å². The van der Waals surface area contributed by atoms with Crippen LogP contribution in [0.1, 0.15) is 19.4 Å². The highest BCUT2D eigenvalue weighted by Crippen LogP contribution is 2.43. The Morgan fingerprint density at radius 3 is 2.24 bits per heavy atom. The van der Waals surface area contributed by atoms with Crippen LogP contribution in [0.4, 0.5) is 0 Å². The van der Waals surface area contributed by atoms with Gasteiger partial charge in [0.25, 0.3) is 0 Å². The lowest BCUT2D eigenvalue weighted by Crippen LogP contribution is -1.95. The number of hydrogen-bond donors (Lipinski definition) is 0. The molecule has 1 aromatic heterocycles. The summed E-state index contributed by atoms with van der Waals surface area (Å²) in [6.07, 6.45) is 3.95. The largest absolute Gasteiger partial charge is 0.496 e. The van der Waals surface area contributed by atoms with E-state index in [1.165, 1.54) is 17.1 Å². The topological polar surface area (TPSA) is 40.6 Å². The lowest BCUT2D eigenvalue weighted by Gasteiger charge is -2.14. The molecular formula is C16H19NO3S. The average molecular weight is 305 g/mol. The molecule has 0 unspecified atom stereocenters. The fraction of sp³-hybridized carbons (Fsp3) is 0.312. The van der Waals surface area contributed by atoms with Gasteiger partial charge in [-0.05, 0) is 37.0 Å². The number of allylic oxidation sites excluding steroid dienone is 2. The highest BCUT2D eigenvalue weighted by Gasteiger charge is 2.18. The highest BCUT2D eigenvalue weighted by molar-refractivity contribution is 7.10. The van der Waals surface area contributed by atoms with E-state index >= 15 is 0 Å². The molecule has 0 atom stereocenters. The van der Waals surface area contributed by atoms with Crippen LogP contribution in [0, 0.1) is 0 Å². The second-order valence-corrected chi connectivity index (χ2v) is 5.25. The fourth-order valence-electron chi connectivity index (χ4n) is 2.08. The summed E-state index contributed by atoms with van der Waals surface area (Å²) in [5.41, 5.74) is 3.23. The predicted molar refractivity (Wildman–Crippen MR) is 86.5 cm³/mol. The van der Waals surface area contributed by atoms with Crippen LogP contribution >= 0.6 is 11.5 Å². The summed E-state index contributed by atoms with van der Waals surface area (Å²) < 4.78 is 20.5. The van der Waals surface area contributed by atoms with Crippen molar-refractivity contribution in [1.29, 1.82) is 0 Å². The maximum absolute atomic E-state index is 5.50. The molecule has 2 rings (SSSR count). The molecule has 0 saturated carbocycles. The first-order valence-electron chi connectivity index (χ1n) is 6.54. The summed E-state index contributed by atoms with van der Waals surface area (Å²) in [6.45, 7) is 4.09. The minimum atomic E-state index is 0.645. The van der Waals surface area contributed by atoms with Gasteiger partial charge in [-0.1, -0.05) is 6.08 Å². The number of methoxy groups -OCH3 is 3. The molecule has 0 aliphatic rings. The van der Waals surface area contributed by atoms with Gasteiger partial charge in [0.05, 0.1) is 26.2 Å². The van der Waals surface area contributed by atoms with Crippen molar-refractivity contribution in [3.63, 3.8) is 0 Å². The number of nitrogens with zero attached hydrogens (tertiary/aromatic N) is 1. The van der Waals surface area contributed by atoms with Crippen molar-refractivity contribution in [2.75, 3.05) is 21.3 Å². The van der Waals surface area contributed by atoms with Gasteiger partial charge < -0.3 is 14.2 Å². The smallest absolute Gasteiger partial charge is 0.164 e. The van der Waals surface area contributed by atoms with Crippen LogP contribution in [0.25, 0.3) is 16.0 Å². The molecule has 0 N–H and O–H groups in total. The molecule has 0 fully saturated rings. The second kappa shape index (κ2) is 6.63. The Hall–Kier alpha value is -2.01. The Labute approximate surface area is 129 Å². The fourth-order valence-corrected chi connectivity index (χ4v) is 2.91. The van der Waals surface area contributed by atoms with Crippen molar-refractivity contribution in [2.24, 2.45) is 0 Å². The lowest BCUT2D eigenvalue weighted by molar-refractivity contribution is 0.349. The third kappa shape index (κ3) is 2.88. The van der Waals surface area contributed by atoms with Crippen molar-refractivity contribution < 1.29 is 14.2 Å². The Bertz CT molecular complexity index is 662. The third-order valence-electron chi connectivity index (χ3n) is 3.38. The summed E-state index contributed by atoms with van der Waals surface area (Å²) in [4.78, 5) is 1.06. The Kier molecular flexibility index (Phi) is 4.85. The van der Waals surface area contributed by atoms with Crippen molar-refractivity contribution in [1.82, 2.24) is 4.37 Å². The molecule has 2 aromatic rings. The zero-order valence-corrected chi connectivity index (χ0v) is 13.7. The van der Waals surface area contributed by atoms with Gasteiger partial charge in [0.15, 0.2) is 11.5 Å². The molecule has 0 radical (unpaired) electrons. The zero-order valence-electron chi connectivity index (χ0n) is 12.9. The van der Waals surface area contributed by atoms with E-state index in [0.29, 0.717) is 11.5 Å². The zero-order chi connectivity index (χ0) is 15.4. The van der Waals surface area contributed by atoms with Gasteiger partial charge in [-0.25, -0.2) is 0 Å². The summed E-state index contributed by atoms with van der Waals surface area (Å²) in [5.74, 6) is 2.06. The van der Waals surface area contributed by atoms with E-state index in [4.69, 9.17) is 14.2 Å². The van der Waals surface area contributed by atoms with Crippen LogP contribution in [0.3, 0.4) is 0 Å². The number of ether oxygens (including phenoxy) is 3. The van der Waals surface area contributed by atoms with Gasteiger partial charge in [-0.2, -0.15) is 4.37 Å². The number of rotatable bonds is 5. The van der Waals surface area contributed by atoms with Gasteiger partial charge >= 0.3 is 0 Å². The summed E-state index contributed by atoms with van der Waals surface area (Å²) in [7, 11) is 4.88. The number of hydrogen-bond acceptors (Lipinski definition) is 5. The summed E-state index contributed by atoms with van der Waals surface area (Å²) in [5, 5.41) is 0. The highest BCUT2D eigenvalue weighted by atomic mass is 32.1. The molecule has 0 aliphatic heterocycles. The number of benzene rings is 1. The van der Waals surface area contributed by atoms with Crippen molar-refractivity contribution in [3.05, 3.63) is 30.0 Å². The van der Waals surface area contributed by atoms with Gasteiger partial charge in [0.1, 0.15) is 5.75 Å². The summed E-state index contributed by atoms with van der Waals surface area (Å²) >= 11 is 1.44. The van der Waals surface area contributed by atoms with Crippen LogP contribution in [0.15, 0.2) is 24.4 Å². The quantitative estimate of drug-likeness (QED) is 0.827. The van der Waals surface area contributed by atoms with E-state index in [1.54, 1.807) is 21.3 Å². The van der Waals surface area contributed by atoms with Crippen LogP contribution in [-0.4, -0.2) is 25.7 Å². The maximum atomic E-state index is 5.50. The monoisotopic (exact) mass is 305 g/mol. The standard InChI is InChI=1S/C16H19NO3S/c1-6-10(2)12-9-17-21-16(12)11-7-14(19-4)15(20-5)8-13(11)18-3/h6-9H,1-5H3/b10-6+. The minimum absolute atomic E-state index is 0.645. The van der Waals surface area contributed by atoms with Crippen LogP contribution < -0.4 is 14.2 Å². The Balaban J connectivity index is 2.66. The molecule has 4 nitrogen and oxygen atoms in total. The Morgan fingerprint density at radius 2 is 1.67 bits per heavy atom. The van der Waals surface area contributed by atoms with Crippen molar-refractivity contribution in [3.8, 4) is 27.7 Å². The van der Waals surface area contributed by atoms with E-state index < -0.39 is 0 Å². The Morgan fingerprint density at radius 1 is 1.05 bits per heavy atom. The number of aromatic nitrogens is 1. The average Bonchev–Trinajstić information content (AvgIpc) is 3.01. The van der Waals surface area contributed by atoms with Crippen LogP contribution in [-0.2, 0) is 0 Å². The predicted octanol–water partition coefficient (Wildman–Crippen LogP) is 4.26. The van der Waals surface area contributed by atoms with E-state index in [2.05, 4.69) is 17.4 Å². The second-order valence-electron chi connectivity index (χ2n) is 4.45. The molecule has 0 aliphatic carbocycles. The maximum Gasteiger partial charge on any atom is 0.164 e. The molecule has 0 bridgehead atoms. The SMILES string of the molecule is C/C=C(\C)c1cnsc1-c1cc(OC)c(OC)cc1OC. The first kappa shape index (κ1) is 15.4. The van der Waals surface area contributed by atoms with Crippen LogP contribution in [0.5, 0.6) is 17.2 Å². The molecule has 0 spiro atoms. The van der Waals surface area contributed by atoms with Crippen molar-refractivity contribution >= 4 is 17.1 Å². The lowest BCUT2D eigenvalue weighted by atomic mass is 10.0. The van der Waals surface area contributed by atoms with E-state index in [1.807, 2.05) is 25.3 Å². The van der Waals surface area contributed by atoms with Gasteiger partial charge in [0.2, 0.25) is 0 Å². The molecule has 21 heavy (non-hydrogen) atoms. The molecular weight excluding hydrogens is 286 g/mol. The molecule has 5 heteroatoms. The van der Waals surface area contributed by atoms with E-state index in [0.717, 1.165) is 21.8 Å². The van der Waals surface area contributed by atoms with Gasteiger partial charge in [-0.15, -0.1) is 0 Å².